The number of nitrogens with one attached hydrogen (secondary N) is 1. The van der Waals surface area contributed by atoms with Gasteiger partial charge in [0.2, 0.25) is 0 Å². The number of likely N-dealkylation sites (N-methyl/N-ethyl adjacent to an activating group) is 1. The van der Waals surface area contributed by atoms with Crippen molar-refractivity contribution in [3.05, 3.63) is 74.6 Å². The normalized spacial score (nSPS) is 15.0. The number of para-hydroxylation sites is 1. The highest BCUT2D eigenvalue weighted by Gasteiger charge is 2.32. The average Bonchev–Trinajstić information content (AvgIpc) is 3.05. The number of hydrogen-bond acceptors (Lipinski definition) is 3. The van der Waals surface area contributed by atoms with E-state index in [0.717, 1.165) is 10.2 Å². The second kappa shape index (κ2) is 6.10. The molecular formula is C19H15BrN4O2. The number of aromatic nitrogens is 2. The lowest BCUT2D eigenvalue weighted by Crippen LogP contribution is -2.25. The molecule has 7 heteroatoms. The summed E-state index contributed by atoms with van der Waals surface area (Å²) in [4.78, 5) is 31.5. The minimum Gasteiger partial charge on any atom is -0.309 e. The van der Waals surface area contributed by atoms with Crippen molar-refractivity contribution in [2.24, 2.45) is 4.99 Å². The minimum atomic E-state index is -0.292. The van der Waals surface area contributed by atoms with E-state index in [1.165, 1.54) is 4.68 Å². The molecule has 0 unspecified atom stereocenters. The largest absolute Gasteiger partial charge is 0.309 e. The molecule has 0 atom stereocenters. The lowest BCUT2D eigenvalue weighted by Gasteiger charge is -2.08. The van der Waals surface area contributed by atoms with Crippen LogP contribution in [0.2, 0.25) is 0 Å². The molecule has 0 spiro atoms. The Bertz CT molecular complexity index is 1110. The van der Waals surface area contributed by atoms with Crippen LogP contribution in [0.15, 0.2) is 62.8 Å². The number of fused-ring (bicyclic) bond motifs is 1. The van der Waals surface area contributed by atoms with Crippen LogP contribution in [-0.4, -0.2) is 28.4 Å². The van der Waals surface area contributed by atoms with E-state index in [0.29, 0.717) is 16.9 Å². The van der Waals surface area contributed by atoms with Gasteiger partial charge in [0.15, 0.2) is 5.69 Å². The molecular weight excluding hydrogens is 396 g/mol. The van der Waals surface area contributed by atoms with Gasteiger partial charge in [0, 0.05) is 17.1 Å². The van der Waals surface area contributed by atoms with E-state index in [2.05, 4.69) is 26.0 Å². The molecule has 1 N–H and O–H groups in total. The van der Waals surface area contributed by atoms with Crippen LogP contribution in [0.3, 0.4) is 0 Å². The summed E-state index contributed by atoms with van der Waals surface area (Å²) < 4.78 is 2.28. The highest BCUT2D eigenvalue weighted by atomic mass is 79.9. The number of carbonyl (C=O) groups excluding carboxylic acids is 1. The van der Waals surface area contributed by atoms with E-state index in [-0.39, 0.29) is 22.9 Å². The van der Waals surface area contributed by atoms with E-state index in [4.69, 9.17) is 0 Å². The van der Waals surface area contributed by atoms with Crippen molar-refractivity contribution in [3.63, 3.8) is 0 Å². The number of benzene rings is 2. The first kappa shape index (κ1) is 16.5. The number of aliphatic imine (C=N–C) groups is 1. The van der Waals surface area contributed by atoms with Crippen molar-refractivity contribution in [2.45, 2.75) is 6.92 Å². The molecule has 1 amide bonds. The molecule has 3 aromatic rings. The van der Waals surface area contributed by atoms with Crippen molar-refractivity contribution in [3.8, 4) is 5.69 Å². The lowest BCUT2D eigenvalue weighted by molar-refractivity contribution is -0.111. The fraction of sp³-hybridized carbons (Fsp3) is 0.105. The summed E-state index contributed by atoms with van der Waals surface area (Å²) >= 11 is 3.42. The van der Waals surface area contributed by atoms with Crippen molar-refractivity contribution in [2.75, 3.05) is 11.9 Å². The first-order valence-electron chi connectivity index (χ1n) is 8.01. The summed E-state index contributed by atoms with van der Waals surface area (Å²) in [7, 11) is 1.70. The smallest absolute Gasteiger partial charge is 0.297 e. The number of aryl methyl sites for hydroxylation is 1. The molecule has 0 aliphatic carbocycles. The second-order valence-corrected chi connectivity index (χ2v) is 6.96. The van der Waals surface area contributed by atoms with Crippen LogP contribution in [0.5, 0.6) is 0 Å². The molecule has 0 radical (unpaired) electrons. The van der Waals surface area contributed by atoms with E-state index in [1.54, 1.807) is 18.9 Å². The third kappa shape index (κ3) is 2.52. The number of H-pyrrole nitrogens is 1. The van der Waals surface area contributed by atoms with Gasteiger partial charge in [0.1, 0.15) is 5.71 Å². The number of halogens is 1. The summed E-state index contributed by atoms with van der Waals surface area (Å²) in [6.45, 7) is 1.77. The van der Waals surface area contributed by atoms with Crippen LogP contribution in [-0.2, 0) is 4.79 Å². The maximum atomic E-state index is 12.8. The number of carbonyl (C=O) groups is 1. The van der Waals surface area contributed by atoms with Crippen LogP contribution in [0.1, 0.15) is 11.3 Å². The molecule has 0 bridgehead atoms. The summed E-state index contributed by atoms with van der Waals surface area (Å²) in [5, 5.41) is 3.03. The minimum absolute atomic E-state index is 0.232. The molecule has 4 rings (SSSR count). The SMILES string of the molecule is Cc1[nH]n(-c2ccccc2)c(=O)c1N=C1C(=O)N(C)c2ccc(Br)cc21. The molecule has 0 saturated carbocycles. The Morgan fingerprint density at radius 3 is 2.54 bits per heavy atom. The molecule has 0 fully saturated rings. The van der Waals surface area contributed by atoms with Gasteiger partial charge in [0.05, 0.1) is 17.1 Å². The maximum absolute atomic E-state index is 12.8. The molecule has 1 aliphatic rings. The molecule has 26 heavy (non-hydrogen) atoms. The highest BCUT2D eigenvalue weighted by molar-refractivity contribution is 9.10. The zero-order chi connectivity index (χ0) is 18.4. The highest BCUT2D eigenvalue weighted by Crippen LogP contribution is 2.32. The molecule has 1 aromatic heterocycles. The third-order valence-corrected chi connectivity index (χ3v) is 4.85. The second-order valence-electron chi connectivity index (χ2n) is 6.05. The number of rotatable bonds is 2. The van der Waals surface area contributed by atoms with Gasteiger partial charge >= 0.3 is 0 Å². The summed E-state index contributed by atoms with van der Waals surface area (Å²) in [5.41, 5.74) is 3.00. The van der Waals surface area contributed by atoms with Crippen molar-refractivity contribution < 1.29 is 4.79 Å². The number of hydrogen-bond donors (Lipinski definition) is 1. The number of anilines is 1. The monoisotopic (exact) mass is 410 g/mol. The van der Waals surface area contributed by atoms with Gasteiger partial charge in [-0.2, -0.15) is 0 Å². The molecule has 130 valence electrons. The Morgan fingerprint density at radius 1 is 1.08 bits per heavy atom. The number of amides is 1. The molecule has 0 saturated heterocycles. The van der Waals surface area contributed by atoms with Gasteiger partial charge in [-0.25, -0.2) is 9.67 Å². The Hall–Kier alpha value is -2.93. The predicted octanol–water partition coefficient (Wildman–Crippen LogP) is 3.33. The van der Waals surface area contributed by atoms with E-state index >= 15 is 0 Å². The van der Waals surface area contributed by atoms with Crippen molar-refractivity contribution >= 4 is 38.9 Å². The first-order chi connectivity index (χ1) is 12.5. The van der Waals surface area contributed by atoms with E-state index < -0.39 is 0 Å². The lowest BCUT2D eigenvalue weighted by atomic mass is 10.1. The van der Waals surface area contributed by atoms with Crippen molar-refractivity contribution in [1.82, 2.24) is 9.78 Å². The van der Waals surface area contributed by atoms with Gasteiger partial charge in [-0.1, -0.05) is 34.1 Å². The standard InChI is InChI=1S/C19H15BrN4O2/c1-11-16(19(26)24(22-11)13-6-4-3-5-7-13)21-17-14-10-12(20)8-9-15(14)23(2)18(17)25/h3-10,22H,1-2H3. The summed E-state index contributed by atoms with van der Waals surface area (Å²) in [5.74, 6) is -0.232. The van der Waals surface area contributed by atoms with Crippen LogP contribution in [0.4, 0.5) is 11.4 Å². The van der Waals surface area contributed by atoms with Crippen LogP contribution >= 0.6 is 15.9 Å². The Balaban J connectivity index is 1.89. The fourth-order valence-electron chi connectivity index (χ4n) is 3.02. The predicted molar refractivity (Wildman–Crippen MR) is 105 cm³/mol. The number of nitrogens with zero attached hydrogens (tertiary/aromatic N) is 3. The van der Waals surface area contributed by atoms with Crippen molar-refractivity contribution in [1.29, 1.82) is 0 Å². The zero-order valence-corrected chi connectivity index (χ0v) is 15.7. The van der Waals surface area contributed by atoms with Crippen LogP contribution in [0.25, 0.3) is 5.69 Å². The van der Waals surface area contributed by atoms with Gasteiger partial charge in [-0.15, -0.1) is 0 Å². The van der Waals surface area contributed by atoms with Crippen LogP contribution in [0, 0.1) is 6.92 Å². The maximum Gasteiger partial charge on any atom is 0.297 e. The van der Waals surface area contributed by atoms with E-state index in [9.17, 15) is 9.59 Å². The average molecular weight is 411 g/mol. The first-order valence-corrected chi connectivity index (χ1v) is 8.80. The summed E-state index contributed by atoms with van der Waals surface area (Å²) in [6.07, 6.45) is 0. The third-order valence-electron chi connectivity index (χ3n) is 4.36. The Kier molecular flexibility index (Phi) is 3.88. The molecule has 2 aromatic carbocycles. The topological polar surface area (TPSA) is 70.5 Å². The Labute approximate surface area is 157 Å². The number of aromatic amines is 1. The molecule has 1 aliphatic heterocycles. The molecule has 6 nitrogen and oxygen atoms in total. The van der Waals surface area contributed by atoms with Gasteiger partial charge in [-0.3, -0.25) is 14.7 Å². The van der Waals surface area contributed by atoms with Gasteiger partial charge in [-0.05, 0) is 37.3 Å². The van der Waals surface area contributed by atoms with E-state index in [1.807, 2.05) is 48.5 Å². The Morgan fingerprint density at radius 2 is 1.81 bits per heavy atom. The summed E-state index contributed by atoms with van der Waals surface area (Å²) in [6, 6.07) is 14.8. The van der Waals surface area contributed by atoms with Gasteiger partial charge in [0.25, 0.3) is 11.5 Å². The quantitative estimate of drug-likeness (QED) is 0.703. The fourth-order valence-corrected chi connectivity index (χ4v) is 3.38. The van der Waals surface area contributed by atoms with Crippen LogP contribution < -0.4 is 10.5 Å². The zero-order valence-electron chi connectivity index (χ0n) is 14.2. The molecule has 2 heterocycles. The van der Waals surface area contributed by atoms with Gasteiger partial charge < -0.3 is 4.90 Å².